The molecule has 0 aliphatic carbocycles. The molecule has 35 heavy (non-hydrogen) atoms. The van der Waals surface area contributed by atoms with Crippen molar-refractivity contribution in [3.8, 4) is 17.0 Å². The van der Waals surface area contributed by atoms with Crippen LogP contribution in [0.4, 0.5) is 20.3 Å². The van der Waals surface area contributed by atoms with Crippen LogP contribution in [-0.2, 0) is 6.42 Å². The molecule has 180 valence electrons. The number of ether oxygens (including phenoxy) is 1. The number of carbonyl (C=O) groups excluding carboxylic acids is 1. The number of methoxy groups -OCH3 is 1. The number of nitrogens with zero attached hydrogens (tertiary/aromatic N) is 4. The van der Waals surface area contributed by atoms with Crippen LogP contribution in [0, 0.1) is 11.6 Å². The van der Waals surface area contributed by atoms with Gasteiger partial charge in [-0.1, -0.05) is 0 Å². The first kappa shape index (κ1) is 22.7. The molecule has 1 aliphatic heterocycles. The lowest BCUT2D eigenvalue weighted by Crippen LogP contribution is -2.41. The van der Waals surface area contributed by atoms with Crippen molar-refractivity contribution < 1.29 is 18.3 Å². The number of likely N-dealkylation sites (N-methyl/N-ethyl adjacent to an activating group) is 1. The Hall–Kier alpha value is -4.05. The van der Waals surface area contributed by atoms with Gasteiger partial charge in [-0.05, 0) is 49.4 Å². The van der Waals surface area contributed by atoms with Crippen molar-refractivity contribution in [1.82, 2.24) is 24.6 Å². The van der Waals surface area contributed by atoms with Crippen LogP contribution >= 0.6 is 0 Å². The normalized spacial score (nSPS) is 13.3. The Morgan fingerprint density at radius 2 is 1.94 bits per heavy atom. The molecule has 0 unspecified atom stereocenters. The van der Waals surface area contributed by atoms with E-state index in [4.69, 9.17) is 4.74 Å². The van der Waals surface area contributed by atoms with Gasteiger partial charge in [0.2, 0.25) is 5.82 Å². The highest BCUT2D eigenvalue weighted by atomic mass is 19.2. The summed E-state index contributed by atoms with van der Waals surface area (Å²) in [7, 11) is 3.15. The van der Waals surface area contributed by atoms with Gasteiger partial charge in [0.05, 0.1) is 19.0 Å². The monoisotopic (exact) mass is 478 g/mol. The maximum absolute atomic E-state index is 14.7. The summed E-state index contributed by atoms with van der Waals surface area (Å²) in [6, 6.07) is 8.41. The Balaban J connectivity index is 1.44. The summed E-state index contributed by atoms with van der Waals surface area (Å²) in [5.41, 5.74) is 3.30. The minimum atomic E-state index is -1.06. The smallest absolute Gasteiger partial charge is 0.254 e. The summed E-state index contributed by atoms with van der Waals surface area (Å²) in [6.07, 6.45) is 5.42. The Morgan fingerprint density at radius 3 is 2.74 bits per heavy atom. The standard InChI is InChI=1S/C25H24F2N6O2/c1-28-8-11-32-10-7-15-13-16(3-4-17(15)25(32)34)31-23-24-30-14-19(33(24)12-9-29-23)18-5-6-20(35-2)22(27)21(18)26/h3-6,9,12-14,28H,7-8,10-11H2,1-2H3,(H,29,31). The van der Waals surface area contributed by atoms with Gasteiger partial charge in [0.15, 0.2) is 23.0 Å². The van der Waals surface area contributed by atoms with Gasteiger partial charge in [-0.2, -0.15) is 4.39 Å². The molecular formula is C25H24F2N6O2. The molecular weight excluding hydrogens is 454 g/mol. The molecule has 2 aromatic carbocycles. The molecule has 1 amide bonds. The Bertz CT molecular complexity index is 1420. The van der Waals surface area contributed by atoms with E-state index >= 15 is 0 Å². The van der Waals surface area contributed by atoms with E-state index < -0.39 is 11.6 Å². The Kier molecular flexibility index (Phi) is 6.04. The summed E-state index contributed by atoms with van der Waals surface area (Å²) in [5.74, 6) is -1.76. The first-order valence-corrected chi connectivity index (χ1v) is 11.2. The fourth-order valence-electron chi connectivity index (χ4n) is 4.30. The maximum Gasteiger partial charge on any atom is 0.254 e. The minimum absolute atomic E-state index is 0.0277. The molecule has 8 nitrogen and oxygen atoms in total. The van der Waals surface area contributed by atoms with Crippen LogP contribution in [-0.4, -0.2) is 59.0 Å². The zero-order valence-electron chi connectivity index (χ0n) is 19.3. The SMILES string of the molecule is CNCCN1CCc2cc(Nc3nccn4c(-c5ccc(OC)c(F)c5F)cnc34)ccc2C1=O. The van der Waals surface area contributed by atoms with Gasteiger partial charge in [0.1, 0.15) is 0 Å². The van der Waals surface area contributed by atoms with Crippen LogP contribution in [0.3, 0.4) is 0 Å². The van der Waals surface area contributed by atoms with E-state index in [2.05, 4.69) is 20.6 Å². The zero-order valence-corrected chi connectivity index (χ0v) is 19.3. The molecule has 0 radical (unpaired) electrons. The highest BCUT2D eigenvalue weighted by Gasteiger charge is 2.24. The van der Waals surface area contributed by atoms with Crippen LogP contribution in [0.1, 0.15) is 15.9 Å². The van der Waals surface area contributed by atoms with Crippen molar-refractivity contribution in [3.05, 3.63) is 71.7 Å². The molecule has 4 aromatic rings. The third-order valence-electron chi connectivity index (χ3n) is 6.14. The van der Waals surface area contributed by atoms with Gasteiger partial charge in [0, 0.05) is 48.8 Å². The first-order valence-electron chi connectivity index (χ1n) is 11.2. The number of halogens is 2. The lowest BCUT2D eigenvalue weighted by atomic mass is 9.98. The van der Waals surface area contributed by atoms with E-state index in [-0.39, 0.29) is 17.2 Å². The number of nitrogens with one attached hydrogen (secondary N) is 2. The molecule has 0 saturated heterocycles. The molecule has 0 saturated carbocycles. The molecule has 2 N–H and O–H groups in total. The van der Waals surface area contributed by atoms with E-state index in [0.717, 1.165) is 24.2 Å². The lowest BCUT2D eigenvalue weighted by Gasteiger charge is -2.28. The topological polar surface area (TPSA) is 83.8 Å². The summed E-state index contributed by atoms with van der Waals surface area (Å²) < 4.78 is 35.5. The van der Waals surface area contributed by atoms with Gasteiger partial charge >= 0.3 is 0 Å². The number of rotatable bonds is 7. The highest BCUT2D eigenvalue weighted by Crippen LogP contribution is 2.32. The molecule has 0 spiro atoms. The highest BCUT2D eigenvalue weighted by molar-refractivity contribution is 5.97. The molecule has 0 atom stereocenters. The summed E-state index contributed by atoms with van der Waals surface area (Å²) in [6.45, 7) is 2.08. The van der Waals surface area contributed by atoms with Crippen LogP contribution in [0.25, 0.3) is 16.9 Å². The number of carbonyl (C=O) groups is 1. The lowest BCUT2D eigenvalue weighted by molar-refractivity contribution is 0.0742. The predicted molar refractivity (Wildman–Crippen MR) is 128 cm³/mol. The largest absolute Gasteiger partial charge is 0.494 e. The van der Waals surface area contributed by atoms with Crippen LogP contribution in [0.5, 0.6) is 5.75 Å². The average Bonchev–Trinajstić information content (AvgIpc) is 3.30. The molecule has 5 rings (SSSR count). The summed E-state index contributed by atoms with van der Waals surface area (Å²) >= 11 is 0. The first-order chi connectivity index (χ1) is 17.0. The molecule has 2 aromatic heterocycles. The van der Waals surface area contributed by atoms with Crippen LogP contribution in [0.2, 0.25) is 0 Å². The van der Waals surface area contributed by atoms with E-state index in [1.54, 1.807) is 16.8 Å². The van der Waals surface area contributed by atoms with Crippen molar-refractivity contribution in [2.75, 3.05) is 39.1 Å². The number of hydrogen-bond acceptors (Lipinski definition) is 6. The van der Waals surface area contributed by atoms with Crippen molar-refractivity contribution in [2.24, 2.45) is 0 Å². The third kappa shape index (κ3) is 4.06. The summed E-state index contributed by atoms with van der Waals surface area (Å²) in [4.78, 5) is 23.4. The van der Waals surface area contributed by atoms with Crippen molar-refractivity contribution in [1.29, 1.82) is 0 Å². The van der Waals surface area contributed by atoms with E-state index in [1.165, 1.54) is 25.4 Å². The van der Waals surface area contributed by atoms with Gasteiger partial charge in [0.25, 0.3) is 5.91 Å². The molecule has 10 heteroatoms. The molecule has 3 heterocycles. The van der Waals surface area contributed by atoms with E-state index in [0.29, 0.717) is 35.8 Å². The van der Waals surface area contributed by atoms with Crippen molar-refractivity contribution >= 4 is 23.1 Å². The second-order valence-electron chi connectivity index (χ2n) is 8.20. The Labute approximate surface area is 200 Å². The molecule has 0 bridgehead atoms. The number of fused-ring (bicyclic) bond motifs is 2. The van der Waals surface area contributed by atoms with Gasteiger partial charge in [-0.15, -0.1) is 0 Å². The number of amides is 1. The fraction of sp³-hybridized carbons (Fsp3) is 0.240. The maximum atomic E-state index is 14.7. The quantitative estimate of drug-likeness (QED) is 0.422. The second-order valence-corrected chi connectivity index (χ2v) is 8.20. The number of benzene rings is 2. The summed E-state index contributed by atoms with van der Waals surface area (Å²) in [5, 5.41) is 6.32. The van der Waals surface area contributed by atoms with Gasteiger partial charge in [-0.25, -0.2) is 14.4 Å². The van der Waals surface area contributed by atoms with E-state index in [1.807, 2.05) is 30.1 Å². The number of imidazole rings is 1. The molecule has 0 fully saturated rings. The van der Waals surface area contributed by atoms with Crippen molar-refractivity contribution in [2.45, 2.75) is 6.42 Å². The number of anilines is 2. The van der Waals surface area contributed by atoms with Crippen LogP contribution in [0.15, 0.2) is 48.9 Å². The van der Waals surface area contributed by atoms with Gasteiger partial charge < -0.3 is 20.3 Å². The van der Waals surface area contributed by atoms with Crippen molar-refractivity contribution in [3.63, 3.8) is 0 Å². The van der Waals surface area contributed by atoms with Crippen LogP contribution < -0.4 is 15.4 Å². The molecule has 1 aliphatic rings. The zero-order chi connectivity index (χ0) is 24.5. The van der Waals surface area contributed by atoms with Gasteiger partial charge in [-0.3, -0.25) is 9.20 Å². The number of hydrogen-bond donors (Lipinski definition) is 2. The predicted octanol–water partition coefficient (Wildman–Crippen LogP) is 3.64. The third-order valence-corrected chi connectivity index (χ3v) is 6.14. The number of aromatic nitrogens is 3. The Morgan fingerprint density at radius 1 is 1.11 bits per heavy atom. The second kappa shape index (κ2) is 9.30. The van der Waals surface area contributed by atoms with E-state index in [9.17, 15) is 13.6 Å². The average molecular weight is 479 g/mol. The fourth-order valence-corrected chi connectivity index (χ4v) is 4.30. The minimum Gasteiger partial charge on any atom is -0.494 e.